The van der Waals surface area contributed by atoms with Crippen LogP contribution in [0.5, 0.6) is 0 Å². The fraction of sp³-hybridized carbons (Fsp3) is 0.0625. The molecule has 3 aromatic rings. The predicted octanol–water partition coefficient (Wildman–Crippen LogP) is 4.15. The molecule has 2 heterocycles. The zero-order chi connectivity index (χ0) is 17.1. The van der Waals surface area contributed by atoms with Crippen LogP contribution >= 0.6 is 11.6 Å². The molecule has 0 aliphatic carbocycles. The Labute approximate surface area is 142 Å². The van der Waals surface area contributed by atoms with Crippen LogP contribution in [0.25, 0.3) is 11.4 Å². The topological polar surface area (TPSA) is 93.8 Å². The van der Waals surface area contributed by atoms with E-state index in [1.54, 1.807) is 6.20 Å². The number of rotatable bonds is 4. The molecule has 0 atom stereocenters. The van der Waals surface area contributed by atoms with Crippen molar-refractivity contribution in [3.63, 3.8) is 0 Å². The third kappa shape index (κ3) is 3.47. The second-order valence-corrected chi connectivity index (χ2v) is 5.41. The number of nitrogens with zero attached hydrogens (tertiary/aromatic N) is 4. The number of nitrogens with one attached hydrogen (secondary N) is 1. The van der Waals surface area contributed by atoms with E-state index in [1.807, 2.05) is 37.3 Å². The molecule has 0 fully saturated rings. The van der Waals surface area contributed by atoms with Crippen LogP contribution in [0.1, 0.15) is 5.69 Å². The number of pyridine rings is 1. The van der Waals surface area contributed by atoms with Crippen LogP contribution in [-0.2, 0) is 0 Å². The van der Waals surface area contributed by atoms with Crippen LogP contribution in [0.3, 0.4) is 0 Å². The van der Waals surface area contributed by atoms with E-state index in [9.17, 15) is 10.1 Å². The van der Waals surface area contributed by atoms with Crippen molar-refractivity contribution < 1.29 is 4.92 Å². The molecule has 0 bridgehead atoms. The summed E-state index contributed by atoms with van der Waals surface area (Å²) in [6.45, 7) is 1.91. The summed E-state index contributed by atoms with van der Waals surface area (Å²) in [5.74, 6) is 0.995. The van der Waals surface area contributed by atoms with E-state index in [0.717, 1.165) is 23.1 Å². The molecule has 0 saturated heterocycles. The Kier molecular flexibility index (Phi) is 4.35. The molecule has 7 nitrogen and oxygen atoms in total. The molecular formula is C16H12ClN5O2. The fourth-order valence-corrected chi connectivity index (χ4v) is 2.25. The van der Waals surface area contributed by atoms with Gasteiger partial charge in [-0.05, 0) is 37.3 Å². The van der Waals surface area contributed by atoms with Gasteiger partial charge in [0.25, 0.3) is 5.69 Å². The lowest BCUT2D eigenvalue weighted by molar-refractivity contribution is -0.385. The summed E-state index contributed by atoms with van der Waals surface area (Å²) in [5, 5.41) is 13.9. The standard InChI is InChI=1S/C16H12ClN5O2/c1-10-6-7-18-15(20-10)11-2-4-12(5-3-11)21-16-14(17)8-13(9-19-16)22(23)24/h2-9H,1H3,(H,19,21). The molecule has 0 unspecified atom stereocenters. The third-order valence-corrected chi connectivity index (χ3v) is 3.53. The second kappa shape index (κ2) is 6.59. The zero-order valence-electron chi connectivity index (χ0n) is 12.6. The first-order chi connectivity index (χ1) is 11.5. The van der Waals surface area contributed by atoms with Gasteiger partial charge in [0.05, 0.1) is 9.95 Å². The van der Waals surface area contributed by atoms with Gasteiger partial charge in [-0.2, -0.15) is 0 Å². The minimum absolute atomic E-state index is 0.155. The Morgan fingerprint density at radius 3 is 2.54 bits per heavy atom. The fourth-order valence-electron chi connectivity index (χ4n) is 2.05. The van der Waals surface area contributed by atoms with E-state index >= 15 is 0 Å². The molecule has 3 rings (SSSR count). The zero-order valence-corrected chi connectivity index (χ0v) is 13.4. The van der Waals surface area contributed by atoms with Gasteiger partial charge in [0.2, 0.25) is 0 Å². The minimum atomic E-state index is -0.542. The van der Waals surface area contributed by atoms with Gasteiger partial charge in [-0.1, -0.05) is 11.6 Å². The van der Waals surface area contributed by atoms with Crippen LogP contribution in [0.15, 0.2) is 48.8 Å². The molecule has 0 aliphatic rings. The Hall–Kier alpha value is -3.06. The number of aryl methyl sites for hydroxylation is 1. The van der Waals surface area contributed by atoms with Gasteiger partial charge in [-0.3, -0.25) is 10.1 Å². The van der Waals surface area contributed by atoms with Gasteiger partial charge in [-0.25, -0.2) is 15.0 Å². The number of benzene rings is 1. The molecule has 0 aliphatic heterocycles. The molecular weight excluding hydrogens is 330 g/mol. The smallest absolute Gasteiger partial charge is 0.289 e. The molecule has 120 valence electrons. The average molecular weight is 342 g/mol. The third-order valence-electron chi connectivity index (χ3n) is 3.24. The van der Waals surface area contributed by atoms with Crippen molar-refractivity contribution in [2.45, 2.75) is 6.92 Å². The molecule has 0 spiro atoms. The molecule has 0 saturated carbocycles. The van der Waals surface area contributed by atoms with E-state index in [-0.39, 0.29) is 10.7 Å². The molecule has 1 aromatic carbocycles. The highest BCUT2D eigenvalue weighted by atomic mass is 35.5. The monoisotopic (exact) mass is 341 g/mol. The van der Waals surface area contributed by atoms with Crippen molar-refractivity contribution in [3.8, 4) is 11.4 Å². The Balaban J connectivity index is 1.81. The lowest BCUT2D eigenvalue weighted by Crippen LogP contribution is -1.97. The van der Waals surface area contributed by atoms with Crippen LogP contribution in [0.4, 0.5) is 17.2 Å². The maximum atomic E-state index is 10.7. The van der Waals surface area contributed by atoms with Crippen molar-refractivity contribution in [3.05, 3.63) is 69.6 Å². The van der Waals surface area contributed by atoms with Gasteiger partial charge < -0.3 is 5.32 Å². The quantitative estimate of drug-likeness (QED) is 0.565. The van der Waals surface area contributed by atoms with Crippen molar-refractivity contribution in [1.82, 2.24) is 15.0 Å². The predicted molar refractivity (Wildman–Crippen MR) is 91.4 cm³/mol. The highest BCUT2D eigenvalue weighted by molar-refractivity contribution is 6.33. The number of anilines is 2. The number of halogens is 1. The lowest BCUT2D eigenvalue weighted by Gasteiger charge is -2.08. The van der Waals surface area contributed by atoms with Crippen molar-refractivity contribution in [2.24, 2.45) is 0 Å². The van der Waals surface area contributed by atoms with Gasteiger partial charge >= 0.3 is 0 Å². The van der Waals surface area contributed by atoms with Crippen LogP contribution in [-0.4, -0.2) is 19.9 Å². The minimum Gasteiger partial charge on any atom is -0.339 e. The molecule has 8 heteroatoms. The van der Waals surface area contributed by atoms with E-state index in [2.05, 4.69) is 20.3 Å². The van der Waals surface area contributed by atoms with E-state index in [1.165, 1.54) is 6.07 Å². The molecule has 0 amide bonds. The SMILES string of the molecule is Cc1ccnc(-c2ccc(Nc3ncc([N+](=O)[O-])cc3Cl)cc2)n1. The first-order valence-corrected chi connectivity index (χ1v) is 7.38. The normalized spacial score (nSPS) is 10.4. The molecule has 0 radical (unpaired) electrons. The van der Waals surface area contributed by atoms with Gasteiger partial charge in [0.1, 0.15) is 12.0 Å². The Morgan fingerprint density at radius 2 is 1.92 bits per heavy atom. The summed E-state index contributed by atoms with van der Waals surface area (Å²) in [7, 11) is 0. The maximum absolute atomic E-state index is 10.7. The largest absolute Gasteiger partial charge is 0.339 e. The average Bonchev–Trinajstić information content (AvgIpc) is 2.57. The highest BCUT2D eigenvalue weighted by Gasteiger charge is 2.11. The van der Waals surface area contributed by atoms with Crippen LogP contribution < -0.4 is 5.32 Å². The van der Waals surface area contributed by atoms with Crippen molar-refractivity contribution >= 4 is 28.8 Å². The van der Waals surface area contributed by atoms with Crippen molar-refractivity contribution in [1.29, 1.82) is 0 Å². The second-order valence-electron chi connectivity index (χ2n) is 5.01. The molecule has 2 aromatic heterocycles. The summed E-state index contributed by atoms with van der Waals surface area (Å²) in [4.78, 5) is 22.7. The summed E-state index contributed by atoms with van der Waals surface area (Å²) in [6.07, 6.45) is 2.87. The van der Waals surface area contributed by atoms with E-state index in [0.29, 0.717) is 11.6 Å². The molecule has 1 N–H and O–H groups in total. The summed E-state index contributed by atoms with van der Waals surface area (Å²) in [5.41, 5.74) is 2.36. The molecule has 24 heavy (non-hydrogen) atoms. The summed E-state index contributed by atoms with van der Waals surface area (Å²) < 4.78 is 0. The maximum Gasteiger partial charge on any atom is 0.289 e. The van der Waals surface area contributed by atoms with Crippen LogP contribution in [0, 0.1) is 17.0 Å². The lowest BCUT2D eigenvalue weighted by atomic mass is 10.2. The highest BCUT2D eigenvalue weighted by Crippen LogP contribution is 2.27. The number of nitro groups is 1. The first-order valence-electron chi connectivity index (χ1n) is 7.00. The van der Waals surface area contributed by atoms with Gasteiger partial charge in [0, 0.05) is 29.2 Å². The van der Waals surface area contributed by atoms with Crippen molar-refractivity contribution in [2.75, 3.05) is 5.32 Å². The number of hydrogen-bond acceptors (Lipinski definition) is 6. The summed E-state index contributed by atoms with van der Waals surface area (Å²) in [6, 6.07) is 10.5. The summed E-state index contributed by atoms with van der Waals surface area (Å²) >= 11 is 6.02. The van der Waals surface area contributed by atoms with Crippen LogP contribution in [0.2, 0.25) is 5.02 Å². The Bertz CT molecular complexity index is 899. The first kappa shape index (κ1) is 15.8. The van der Waals surface area contributed by atoms with E-state index < -0.39 is 4.92 Å². The van der Waals surface area contributed by atoms with Gasteiger partial charge in [0.15, 0.2) is 5.82 Å². The number of aromatic nitrogens is 3. The van der Waals surface area contributed by atoms with Gasteiger partial charge in [-0.15, -0.1) is 0 Å². The van der Waals surface area contributed by atoms with E-state index in [4.69, 9.17) is 11.6 Å². The Morgan fingerprint density at radius 1 is 1.17 bits per heavy atom. The number of hydrogen-bond donors (Lipinski definition) is 1.